The minimum absolute atomic E-state index is 0.334. The standard InChI is InChI=1S/C8H3Cl3O/c9-5-3-4-1-2-12-8(4)7(11)6(5)10/h1-3H. The Morgan fingerprint density at radius 3 is 2.58 bits per heavy atom. The van der Waals surface area contributed by atoms with Crippen molar-refractivity contribution in [3.05, 3.63) is 33.5 Å². The summed E-state index contributed by atoms with van der Waals surface area (Å²) in [5, 5.41) is 2.00. The monoisotopic (exact) mass is 220 g/mol. The summed E-state index contributed by atoms with van der Waals surface area (Å²) >= 11 is 17.4. The summed E-state index contributed by atoms with van der Waals surface area (Å²) in [6, 6.07) is 3.50. The van der Waals surface area contributed by atoms with Crippen LogP contribution >= 0.6 is 34.8 Å². The van der Waals surface area contributed by atoms with Gasteiger partial charge in [-0.3, -0.25) is 0 Å². The molecule has 0 aliphatic heterocycles. The van der Waals surface area contributed by atoms with Gasteiger partial charge in [-0.15, -0.1) is 0 Å². The molecule has 1 heterocycles. The fraction of sp³-hybridized carbons (Fsp3) is 0. The molecule has 12 heavy (non-hydrogen) atoms. The maximum Gasteiger partial charge on any atom is 0.154 e. The zero-order chi connectivity index (χ0) is 8.72. The highest BCUT2D eigenvalue weighted by Gasteiger charge is 2.10. The van der Waals surface area contributed by atoms with Gasteiger partial charge in [0.25, 0.3) is 0 Å². The lowest BCUT2D eigenvalue weighted by Crippen LogP contribution is -1.72. The lowest BCUT2D eigenvalue weighted by atomic mass is 10.2. The van der Waals surface area contributed by atoms with E-state index in [4.69, 9.17) is 39.2 Å². The van der Waals surface area contributed by atoms with Gasteiger partial charge >= 0.3 is 0 Å². The van der Waals surface area contributed by atoms with Gasteiger partial charge in [-0.25, -0.2) is 0 Å². The van der Waals surface area contributed by atoms with E-state index in [9.17, 15) is 0 Å². The lowest BCUT2D eigenvalue weighted by molar-refractivity contribution is 0.616. The molecule has 0 saturated carbocycles. The predicted octanol–water partition coefficient (Wildman–Crippen LogP) is 4.39. The highest BCUT2D eigenvalue weighted by Crippen LogP contribution is 2.36. The lowest BCUT2D eigenvalue weighted by Gasteiger charge is -1.98. The SMILES string of the molecule is Clc1cc2ccoc2c(Cl)c1Cl. The van der Waals surface area contributed by atoms with Crippen LogP contribution in [0, 0.1) is 0 Å². The quantitative estimate of drug-likeness (QED) is 0.601. The van der Waals surface area contributed by atoms with Crippen LogP contribution in [0.5, 0.6) is 0 Å². The Kier molecular flexibility index (Phi) is 1.95. The third-order valence-electron chi connectivity index (χ3n) is 1.58. The molecule has 1 aromatic heterocycles. The molecule has 62 valence electrons. The molecule has 0 N–H and O–H groups in total. The zero-order valence-corrected chi connectivity index (χ0v) is 8.04. The number of furan rings is 1. The van der Waals surface area contributed by atoms with Crippen molar-refractivity contribution in [2.45, 2.75) is 0 Å². The molecule has 0 amide bonds. The molecule has 4 heteroatoms. The molecule has 0 unspecified atom stereocenters. The summed E-state index contributed by atoms with van der Waals surface area (Å²) in [6.07, 6.45) is 1.54. The molecule has 1 nitrogen and oxygen atoms in total. The van der Waals surface area contributed by atoms with Gasteiger partial charge in [0.2, 0.25) is 0 Å². The number of rotatable bonds is 0. The largest absolute Gasteiger partial charge is 0.463 e. The molecule has 0 saturated heterocycles. The second-order valence-electron chi connectivity index (χ2n) is 2.33. The Bertz CT molecular complexity index is 433. The van der Waals surface area contributed by atoms with Crippen molar-refractivity contribution in [2.24, 2.45) is 0 Å². The maximum absolute atomic E-state index is 5.86. The van der Waals surface area contributed by atoms with Gasteiger partial charge in [0.1, 0.15) is 5.02 Å². The second-order valence-corrected chi connectivity index (χ2v) is 3.49. The summed E-state index contributed by atoms with van der Waals surface area (Å²) in [4.78, 5) is 0. The van der Waals surface area contributed by atoms with Crippen LogP contribution in [-0.2, 0) is 0 Å². The van der Waals surface area contributed by atoms with Crippen molar-refractivity contribution < 1.29 is 4.42 Å². The van der Waals surface area contributed by atoms with Gasteiger partial charge < -0.3 is 4.42 Å². The average molecular weight is 221 g/mol. The Hall–Kier alpha value is -0.370. The molecule has 0 fully saturated rings. The van der Waals surface area contributed by atoms with Crippen molar-refractivity contribution in [3.63, 3.8) is 0 Å². The molecule has 0 radical (unpaired) electrons. The Labute approximate surface area is 83.8 Å². The van der Waals surface area contributed by atoms with Crippen LogP contribution in [0.1, 0.15) is 0 Å². The van der Waals surface area contributed by atoms with Crippen LogP contribution in [0.25, 0.3) is 11.0 Å². The normalized spacial score (nSPS) is 10.9. The van der Waals surface area contributed by atoms with Gasteiger partial charge in [-0.1, -0.05) is 34.8 Å². The number of fused-ring (bicyclic) bond motifs is 1. The van der Waals surface area contributed by atoms with E-state index in [-0.39, 0.29) is 0 Å². The van der Waals surface area contributed by atoms with Crippen LogP contribution in [0.3, 0.4) is 0 Å². The van der Waals surface area contributed by atoms with E-state index in [0.717, 1.165) is 5.39 Å². The molecule has 0 aliphatic carbocycles. The molecular formula is C8H3Cl3O. The Morgan fingerprint density at radius 2 is 1.83 bits per heavy atom. The van der Waals surface area contributed by atoms with Crippen LogP contribution in [-0.4, -0.2) is 0 Å². The summed E-state index contributed by atoms with van der Waals surface area (Å²) in [7, 11) is 0. The minimum atomic E-state index is 0.334. The smallest absolute Gasteiger partial charge is 0.154 e. The molecule has 0 bridgehead atoms. The van der Waals surface area contributed by atoms with Crippen LogP contribution in [0.2, 0.25) is 15.1 Å². The van der Waals surface area contributed by atoms with Crippen LogP contribution in [0.4, 0.5) is 0 Å². The predicted molar refractivity (Wildman–Crippen MR) is 51.2 cm³/mol. The highest BCUT2D eigenvalue weighted by molar-refractivity contribution is 6.50. The Balaban J connectivity index is 2.94. The van der Waals surface area contributed by atoms with E-state index in [1.165, 1.54) is 0 Å². The van der Waals surface area contributed by atoms with Crippen molar-refractivity contribution in [1.29, 1.82) is 0 Å². The Morgan fingerprint density at radius 1 is 1.08 bits per heavy atom. The molecule has 0 spiro atoms. The first-order valence-electron chi connectivity index (χ1n) is 3.21. The van der Waals surface area contributed by atoms with Gasteiger partial charge in [0, 0.05) is 5.39 Å². The van der Waals surface area contributed by atoms with E-state index in [1.54, 1.807) is 18.4 Å². The minimum Gasteiger partial charge on any atom is -0.463 e. The molecule has 0 atom stereocenters. The average Bonchev–Trinajstić information content (AvgIpc) is 2.48. The number of halogens is 3. The van der Waals surface area contributed by atoms with Crippen molar-refractivity contribution in [3.8, 4) is 0 Å². The zero-order valence-electron chi connectivity index (χ0n) is 5.77. The first-order chi connectivity index (χ1) is 5.70. The maximum atomic E-state index is 5.86. The second kappa shape index (κ2) is 2.84. The number of benzene rings is 1. The van der Waals surface area contributed by atoms with Crippen LogP contribution in [0.15, 0.2) is 22.8 Å². The summed E-state index contributed by atoms with van der Waals surface area (Å²) in [5.74, 6) is 0. The first kappa shape index (κ1) is 8.24. The van der Waals surface area contributed by atoms with E-state index in [0.29, 0.717) is 20.7 Å². The summed E-state index contributed by atoms with van der Waals surface area (Å²) in [5.41, 5.74) is 0.575. The fourth-order valence-electron chi connectivity index (χ4n) is 1.02. The third kappa shape index (κ3) is 1.09. The third-order valence-corrected chi connectivity index (χ3v) is 2.82. The van der Waals surface area contributed by atoms with Gasteiger partial charge in [0.05, 0.1) is 16.3 Å². The highest BCUT2D eigenvalue weighted by atomic mass is 35.5. The van der Waals surface area contributed by atoms with E-state index >= 15 is 0 Å². The van der Waals surface area contributed by atoms with Crippen LogP contribution < -0.4 is 0 Å². The van der Waals surface area contributed by atoms with Crippen molar-refractivity contribution in [1.82, 2.24) is 0 Å². The first-order valence-corrected chi connectivity index (χ1v) is 4.34. The van der Waals surface area contributed by atoms with Gasteiger partial charge in [-0.05, 0) is 12.1 Å². The topological polar surface area (TPSA) is 13.1 Å². The van der Waals surface area contributed by atoms with E-state index in [2.05, 4.69) is 0 Å². The molecule has 1 aromatic carbocycles. The molecular weight excluding hydrogens is 218 g/mol. The van der Waals surface area contributed by atoms with Gasteiger partial charge in [0.15, 0.2) is 5.58 Å². The van der Waals surface area contributed by atoms with Crippen molar-refractivity contribution in [2.75, 3.05) is 0 Å². The molecule has 2 rings (SSSR count). The van der Waals surface area contributed by atoms with E-state index in [1.807, 2.05) is 0 Å². The molecule has 2 aromatic rings. The summed E-state index contributed by atoms with van der Waals surface area (Å²) in [6.45, 7) is 0. The summed E-state index contributed by atoms with van der Waals surface area (Å²) < 4.78 is 5.11. The number of hydrogen-bond acceptors (Lipinski definition) is 1. The van der Waals surface area contributed by atoms with Gasteiger partial charge in [-0.2, -0.15) is 0 Å². The fourth-order valence-corrected chi connectivity index (χ4v) is 1.67. The number of hydrogen-bond donors (Lipinski definition) is 0. The van der Waals surface area contributed by atoms with E-state index < -0.39 is 0 Å². The van der Waals surface area contributed by atoms with Crippen molar-refractivity contribution >= 4 is 45.8 Å². The molecule has 0 aliphatic rings.